The summed E-state index contributed by atoms with van der Waals surface area (Å²) in [6.45, 7) is -0.159. The zero-order chi connectivity index (χ0) is 20.7. The Kier molecular flexibility index (Phi) is 6.48. The molecule has 1 heterocycles. The van der Waals surface area contributed by atoms with Gasteiger partial charge in [0.25, 0.3) is 0 Å². The molecule has 2 N–H and O–H groups in total. The number of hydrogen-bond donors (Lipinski definition) is 2. The third kappa shape index (κ3) is 5.81. The summed E-state index contributed by atoms with van der Waals surface area (Å²) in [5.41, 5.74) is 1.53. The molecule has 0 saturated carbocycles. The number of sulfonamides is 1. The molecule has 0 bridgehead atoms. The molecule has 0 atom stereocenters. The maximum absolute atomic E-state index is 13.6. The number of anilines is 1. The van der Waals surface area contributed by atoms with Crippen molar-refractivity contribution in [3.8, 4) is 0 Å². The molecule has 0 fully saturated rings. The number of carbonyl (C=O) groups excluding carboxylic acids is 1. The van der Waals surface area contributed by atoms with E-state index in [-0.39, 0.29) is 22.9 Å². The van der Waals surface area contributed by atoms with Crippen LogP contribution < -0.4 is 10.0 Å². The van der Waals surface area contributed by atoms with Crippen molar-refractivity contribution in [1.82, 2.24) is 9.71 Å². The minimum Gasteiger partial charge on any atom is -0.323 e. The van der Waals surface area contributed by atoms with Gasteiger partial charge < -0.3 is 5.32 Å². The highest BCUT2D eigenvalue weighted by Gasteiger charge is 2.14. The molecule has 1 aromatic heterocycles. The predicted octanol–water partition coefficient (Wildman–Crippen LogP) is 3.35. The lowest BCUT2D eigenvalue weighted by atomic mass is 10.2. The fourth-order valence-electron chi connectivity index (χ4n) is 2.45. The first kappa shape index (κ1) is 20.4. The number of nitrogens with one attached hydrogen (secondary N) is 2. The van der Waals surface area contributed by atoms with Crippen LogP contribution >= 0.6 is 0 Å². The van der Waals surface area contributed by atoms with Gasteiger partial charge in [0, 0.05) is 36.3 Å². The van der Waals surface area contributed by atoms with Gasteiger partial charge in [-0.1, -0.05) is 18.2 Å². The fourth-order valence-corrected chi connectivity index (χ4v) is 3.45. The molecule has 148 valence electrons. The van der Waals surface area contributed by atoms with Gasteiger partial charge in [0.05, 0.1) is 4.90 Å². The monoisotopic (exact) mass is 411 g/mol. The molecule has 0 aliphatic rings. The van der Waals surface area contributed by atoms with Gasteiger partial charge in [-0.3, -0.25) is 9.78 Å². The van der Waals surface area contributed by atoms with E-state index in [9.17, 15) is 17.6 Å². The van der Waals surface area contributed by atoms with Crippen molar-refractivity contribution >= 4 is 27.7 Å². The van der Waals surface area contributed by atoms with E-state index in [2.05, 4.69) is 15.0 Å². The summed E-state index contributed by atoms with van der Waals surface area (Å²) >= 11 is 0. The standard InChI is InChI=1S/C21H18FN3O3S/c22-20-4-2-1-3-17(20)15-24-29(27,28)19-8-6-18(7-9-19)25-21(26)10-5-16-11-13-23-14-12-16/h1-14,24H,15H2,(H,25,26)/b10-5+. The highest BCUT2D eigenvalue weighted by Crippen LogP contribution is 2.15. The number of benzene rings is 2. The summed E-state index contributed by atoms with van der Waals surface area (Å²) in [5, 5.41) is 2.65. The molecule has 0 spiro atoms. The van der Waals surface area contributed by atoms with Crippen LogP contribution in [0.25, 0.3) is 6.08 Å². The van der Waals surface area contributed by atoms with Crippen LogP contribution in [0.1, 0.15) is 11.1 Å². The highest BCUT2D eigenvalue weighted by molar-refractivity contribution is 7.89. The van der Waals surface area contributed by atoms with E-state index >= 15 is 0 Å². The number of pyridine rings is 1. The van der Waals surface area contributed by atoms with Gasteiger partial charge in [0.1, 0.15) is 5.82 Å². The van der Waals surface area contributed by atoms with Crippen molar-refractivity contribution in [2.24, 2.45) is 0 Å². The third-order valence-corrected chi connectivity index (χ3v) is 5.39. The van der Waals surface area contributed by atoms with E-state index in [1.165, 1.54) is 48.5 Å². The lowest BCUT2D eigenvalue weighted by molar-refractivity contribution is -0.111. The van der Waals surface area contributed by atoms with Crippen LogP contribution in [-0.2, 0) is 21.4 Å². The fraction of sp³-hybridized carbons (Fsp3) is 0.0476. The molecule has 3 rings (SSSR count). The van der Waals surface area contributed by atoms with Gasteiger partial charge in [-0.25, -0.2) is 17.5 Å². The quantitative estimate of drug-likeness (QED) is 0.584. The lowest BCUT2D eigenvalue weighted by Gasteiger charge is -2.09. The molecule has 29 heavy (non-hydrogen) atoms. The maximum Gasteiger partial charge on any atom is 0.248 e. The van der Waals surface area contributed by atoms with Crippen molar-refractivity contribution in [2.45, 2.75) is 11.4 Å². The van der Waals surface area contributed by atoms with Gasteiger partial charge in [0.15, 0.2) is 0 Å². The van der Waals surface area contributed by atoms with Crippen LogP contribution in [0, 0.1) is 5.82 Å². The number of hydrogen-bond acceptors (Lipinski definition) is 4. The average Bonchev–Trinajstić information content (AvgIpc) is 2.73. The number of amides is 1. The average molecular weight is 411 g/mol. The van der Waals surface area contributed by atoms with E-state index in [0.717, 1.165) is 5.56 Å². The third-order valence-electron chi connectivity index (χ3n) is 3.98. The number of aromatic nitrogens is 1. The summed E-state index contributed by atoms with van der Waals surface area (Å²) in [6.07, 6.45) is 6.26. The second-order valence-corrected chi connectivity index (χ2v) is 7.81. The van der Waals surface area contributed by atoms with E-state index in [1.807, 2.05) is 0 Å². The molecular weight excluding hydrogens is 393 g/mol. The zero-order valence-corrected chi connectivity index (χ0v) is 16.1. The molecule has 0 saturated heterocycles. The van der Waals surface area contributed by atoms with Crippen LogP contribution in [0.5, 0.6) is 0 Å². The van der Waals surface area contributed by atoms with E-state index in [4.69, 9.17) is 0 Å². The summed E-state index contributed by atoms with van der Waals surface area (Å²) in [4.78, 5) is 15.9. The minimum atomic E-state index is -3.82. The summed E-state index contributed by atoms with van der Waals surface area (Å²) in [6, 6.07) is 15.2. The Morgan fingerprint density at radius 1 is 1.00 bits per heavy atom. The zero-order valence-electron chi connectivity index (χ0n) is 15.2. The Hall–Kier alpha value is -3.36. The van der Waals surface area contributed by atoms with E-state index in [0.29, 0.717) is 5.69 Å². The van der Waals surface area contributed by atoms with Gasteiger partial charge in [-0.2, -0.15) is 0 Å². The summed E-state index contributed by atoms with van der Waals surface area (Å²) in [7, 11) is -3.82. The molecule has 0 radical (unpaired) electrons. The Labute approximate surface area is 168 Å². The molecule has 0 aliphatic carbocycles. The topological polar surface area (TPSA) is 88.2 Å². The van der Waals surface area contributed by atoms with Gasteiger partial charge >= 0.3 is 0 Å². The van der Waals surface area contributed by atoms with Crippen molar-refractivity contribution in [3.63, 3.8) is 0 Å². The first-order valence-corrected chi connectivity index (χ1v) is 10.1. The minimum absolute atomic E-state index is 0.0131. The van der Waals surface area contributed by atoms with Gasteiger partial charge in [-0.15, -0.1) is 0 Å². The predicted molar refractivity (Wildman–Crippen MR) is 109 cm³/mol. The summed E-state index contributed by atoms with van der Waals surface area (Å²) < 4.78 is 40.7. The molecule has 8 heteroatoms. The van der Waals surface area contributed by atoms with Crippen LogP contribution in [0.2, 0.25) is 0 Å². The van der Waals surface area contributed by atoms with E-state index < -0.39 is 15.8 Å². The van der Waals surface area contributed by atoms with Crippen molar-refractivity contribution < 1.29 is 17.6 Å². The molecule has 2 aromatic carbocycles. The second kappa shape index (κ2) is 9.22. The SMILES string of the molecule is O=C(/C=C/c1ccncc1)Nc1ccc(S(=O)(=O)NCc2ccccc2F)cc1. The maximum atomic E-state index is 13.6. The smallest absolute Gasteiger partial charge is 0.248 e. The molecule has 3 aromatic rings. The Morgan fingerprint density at radius 2 is 1.69 bits per heavy atom. The van der Waals surface area contributed by atoms with Gasteiger partial charge in [0.2, 0.25) is 15.9 Å². The molecular formula is C21H18FN3O3S. The van der Waals surface area contributed by atoms with Gasteiger partial charge in [-0.05, 0) is 54.1 Å². The molecule has 0 unspecified atom stereocenters. The Bertz CT molecular complexity index is 1120. The van der Waals surface area contributed by atoms with Crippen LogP contribution in [-0.4, -0.2) is 19.3 Å². The van der Waals surface area contributed by atoms with Crippen molar-refractivity contribution in [2.75, 3.05) is 5.32 Å². The van der Waals surface area contributed by atoms with Crippen LogP contribution in [0.15, 0.2) is 84.0 Å². The van der Waals surface area contributed by atoms with Crippen molar-refractivity contribution in [3.05, 3.63) is 96.1 Å². The van der Waals surface area contributed by atoms with Crippen LogP contribution in [0.3, 0.4) is 0 Å². The highest BCUT2D eigenvalue weighted by atomic mass is 32.2. The Morgan fingerprint density at radius 3 is 2.38 bits per heavy atom. The molecule has 6 nitrogen and oxygen atoms in total. The number of nitrogens with zero attached hydrogens (tertiary/aromatic N) is 1. The second-order valence-electron chi connectivity index (χ2n) is 6.04. The Balaban J connectivity index is 1.60. The number of rotatable bonds is 7. The molecule has 0 aliphatic heterocycles. The normalized spacial score (nSPS) is 11.5. The van der Waals surface area contributed by atoms with E-state index in [1.54, 1.807) is 36.7 Å². The first-order valence-electron chi connectivity index (χ1n) is 8.66. The number of halogens is 1. The summed E-state index contributed by atoms with van der Waals surface area (Å²) in [5.74, 6) is -0.830. The van der Waals surface area contributed by atoms with Crippen molar-refractivity contribution in [1.29, 1.82) is 0 Å². The first-order chi connectivity index (χ1) is 13.9. The lowest BCUT2D eigenvalue weighted by Crippen LogP contribution is -2.23. The number of carbonyl (C=O) groups is 1. The molecule has 1 amide bonds. The largest absolute Gasteiger partial charge is 0.323 e. The van der Waals surface area contributed by atoms with Crippen LogP contribution in [0.4, 0.5) is 10.1 Å².